The maximum atomic E-state index is 12.7. The lowest BCUT2D eigenvalue weighted by atomic mass is 9.92. The molecule has 0 saturated heterocycles. The van der Waals surface area contributed by atoms with Gasteiger partial charge in [0.2, 0.25) is 10.0 Å². The van der Waals surface area contributed by atoms with Gasteiger partial charge < -0.3 is 4.98 Å². The van der Waals surface area contributed by atoms with Crippen molar-refractivity contribution < 1.29 is 8.42 Å². The van der Waals surface area contributed by atoms with E-state index in [0.29, 0.717) is 4.90 Å². The summed E-state index contributed by atoms with van der Waals surface area (Å²) in [6, 6.07) is 13.5. The van der Waals surface area contributed by atoms with Crippen LogP contribution in [0, 0.1) is 6.92 Å². The molecule has 1 heterocycles. The van der Waals surface area contributed by atoms with Crippen LogP contribution in [0.25, 0.3) is 10.9 Å². The second kappa shape index (κ2) is 6.56. The molecule has 0 aliphatic heterocycles. The Bertz CT molecular complexity index is 1050. The normalized spacial score (nSPS) is 17.4. The van der Waals surface area contributed by atoms with E-state index in [1.54, 1.807) is 12.1 Å². The second-order valence-electron chi connectivity index (χ2n) is 7.19. The van der Waals surface area contributed by atoms with Crippen LogP contribution in [0.5, 0.6) is 0 Å². The molecule has 5 heteroatoms. The molecule has 0 radical (unpaired) electrons. The van der Waals surface area contributed by atoms with Gasteiger partial charge >= 0.3 is 0 Å². The number of aryl methyl sites for hydroxylation is 3. The third-order valence-electron chi connectivity index (χ3n) is 5.31. The molecule has 2 N–H and O–H groups in total. The average molecular weight is 369 g/mol. The Balaban J connectivity index is 1.58. The lowest BCUT2D eigenvalue weighted by Gasteiger charge is -2.23. The Hall–Kier alpha value is -2.11. The highest BCUT2D eigenvalue weighted by molar-refractivity contribution is 7.89. The molecule has 0 bridgehead atoms. The van der Waals surface area contributed by atoms with Gasteiger partial charge in [-0.15, -0.1) is 0 Å². The zero-order chi connectivity index (χ0) is 18.3. The van der Waals surface area contributed by atoms with Gasteiger partial charge in [-0.2, -0.15) is 0 Å². The molecular weight excluding hydrogens is 344 g/mol. The minimum atomic E-state index is -3.49. The standard InChI is InChI=1S/C21H24N2O2S/c1-3-15-5-8-17(9-6-15)26(24,25)23-16-7-11-21-19(13-16)18-12-14(2)4-10-20(18)22-21/h4-6,8-10,12,16,22-23H,3,7,11,13H2,1-2H3. The third-order valence-corrected chi connectivity index (χ3v) is 6.84. The molecule has 1 atom stereocenters. The molecule has 0 saturated carbocycles. The van der Waals surface area contributed by atoms with Crippen LogP contribution >= 0.6 is 0 Å². The molecule has 1 aromatic heterocycles. The quantitative estimate of drug-likeness (QED) is 0.734. The number of nitrogens with one attached hydrogen (secondary N) is 2. The van der Waals surface area contributed by atoms with Crippen molar-refractivity contribution in [3.05, 3.63) is 64.8 Å². The fraction of sp³-hybridized carbons (Fsp3) is 0.333. The molecule has 2 aromatic carbocycles. The van der Waals surface area contributed by atoms with Crippen LogP contribution in [0.2, 0.25) is 0 Å². The molecule has 4 rings (SSSR count). The summed E-state index contributed by atoms with van der Waals surface area (Å²) in [5.41, 5.74) is 6.00. The van der Waals surface area contributed by atoms with Crippen molar-refractivity contribution in [2.45, 2.75) is 50.5 Å². The lowest BCUT2D eigenvalue weighted by molar-refractivity contribution is 0.506. The fourth-order valence-corrected chi connectivity index (χ4v) is 5.09. The predicted octanol–water partition coefficient (Wildman–Crippen LogP) is 3.87. The summed E-state index contributed by atoms with van der Waals surface area (Å²) in [4.78, 5) is 3.84. The van der Waals surface area contributed by atoms with Crippen LogP contribution in [-0.2, 0) is 29.3 Å². The first-order chi connectivity index (χ1) is 12.5. The van der Waals surface area contributed by atoms with E-state index < -0.39 is 10.0 Å². The zero-order valence-corrected chi connectivity index (χ0v) is 16.0. The van der Waals surface area contributed by atoms with Gasteiger partial charge in [-0.1, -0.05) is 30.7 Å². The van der Waals surface area contributed by atoms with E-state index >= 15 is 0 Å². The highest BCUT2D eigenvalue weighted by Crippen LogP contribution is 2.30. The summed E-state index contributed by atoms with van der Waals surface area (Å²) in [6.45, 7) is 4.14. The van der Waals surface area contributed by atoms with Crippen molar-refractivity contribution >= 4 is 20.9 Å². The van der Waals surface area contributed by atoms with Crippen LogP contribution in [0.1, 0.15) is 35.7 Å². The van der Waals surface area contributed by atoms with Crippen molar-refractivity contribution in [1.29, 1.82) is 0 Å². The lowest BCUT2D eigenvalue weighted by Crippen LogP contribution is -2.38. The summed E-state index contributed by atoms with van der Waals surface area (Å²) in [7, 11) is -3.49. The maximum Gasteiger partial charge on any atom is 0.240 e. The Labute approximate surface area is 154 Å². The first-order valence-corrected chi connectivity index (χ1v) is 10.7. The van der Waals surface area contributed by atoms with E-state index in [9.17, 15) is 8.42 Å². The Kier molecular flexibility index (Phi) is 4.37. The molecular formula is C21H24N2O2S. The summed E-state index contributed by atoms with van der Waals surface area (Å²) in [5.74, 6) is 0. The first-order valence-electron chi connectivity index (χ1n) is 9.17. The van der Waals surface area contributed by atoms with Gasteiger partial charge in [-0.25, -0.2) is 13.1 Å². The number of rotatable bonds is 4. The highest BCUT2D eigenvalue weighted by Gasteiger charge is 2.26. The van der Waals surface area contributed by atoms with Crippen LogP contribution in [-0.4, -0.2) is 19.4 Å². The van der Waals surface area contributed by atoms with E-state index in [2.05, 4.69) is 41.8 Å². The van der Waals surface area contributed by atoms with Gasteiger partial charge in [0.25, 0.3) is 0 Å². The average Bonchev–Trinajstić information content (AvgIpc) is 2.99. The van der Waals surface area contributed by atoms with Gasteiger partial charge in [-0.3, -0.25) is 0 Å². The monoisotopic (exact) mass is 368 g/mol. The molecule has 0 fully saturated rings. The number of aromatic amines is 1. The Morgan fingerprint density at radius 3 is 2.65 bits per heavy atom. The summed E-state index contributed by atoms with van der Waals surface area (Å²) >= 11 is 0. The summed E-state index contributed by atoms with van der Waals surface area (Å²) in [6.07, 6.45) is 3.31. The number of H-pyrrole nitrogens is 1. The molecule has 1 aliphatic rings. The minimum Gasteiger partial charge on any atom is -0.358 e. The Morgan fingerprint density at radius 2 is 1.92 bits per heavy atom. The topological polar surface area (TPSA) is 62.0 Å². The van der Waals surface area contributed by atoms with E-state index in [-0.39, 0.29) is 6.04 Å². The largest absolute Gasteiger partial charge is 0.358 e. The molecule has 0 spiro atoms. The van der Waals surface area contributed by atoms with Gasteiger partial charge in [0, 0.05) is 22.6 Å². The van der Waals surface area contributed by atoms with Gasteiger partial charge in [0.1, 0.15) is 0 Å². The number of hydrogen-bond acceptors (Lipinski definition) is 2. The third kappa shape index (κ3) is 3.17. The van der Waals surface area contributed by atoms with Crippen molar-refractivity contribution in [1.82, 2.24) is 9.71 Å². The molecule has 0 amide bonds. The number of aromatic nitrogens is 1. The van der Waals surface area contributed by atoms with E-state index in [1.807, 2.05) is 12.1 Å². The minimum absolute atomic E-state index is 0.0714. The number of fused-ring (bicyclic) bond motifs is 3. The maximum absolute atomic E-state index is 12.7. The molecule has 136 valence electrons. The predicted molar refractivity (Wildman–Crippen MR) is 105 cm³/mol. The van der Waals surface area contributed by atoms with Crippen molar-refractivity contribution in [3.8, 4) is 0 Å². The number of sulfonamides is 1. The van der Waals surface area contributed by atoms with E-state index in [4.69, 9.17) is 0 Å². The van der Waals surface area contributed by atoms with E-state index in [0.717, 1.165) is 36.8 Å². The van der Waals surface area contributed by atoms with Crippen LogP contribution in [0.15, 0.2) is 47.4 Å². The fourth-order valence-electron chi connectivity index (χ4n) is 3.82. The number of hydrogen-bond donors (Lipinski definition) is 2. The SMILES string of the molecule is CCc1ccc(S(=O)(=O)NC2CCc3[nH]c4ccc(C)cc4c3C2)cc1. The van der Waals surface area contributed by atoms with Crippen LogP contribution in [0.4, 0.5) is 0 Å². The van der Waals surface area contributed by atoms with Gasteiger partial charge in [-0.05, 0) is 68.0 Å². The number of benzene rings is 2. The van der Waals surface area contributed by atoms with Crippen molar-refractivity contribution in [2.75, 3.05) is 0 Å². The van der Waals surface area contributed by atoms with Crippen LogP contribution in [0.3, 0.4) is 0 Å². The molecule has 3 aromatic rings. The first kappa shape index (κ1) is 17.3. The van der Waals surface area contributed by atoms with Gasteiger partial charge in [0.15, 0.2) is 0 Å². The summed E-state index contributed by atoms with van der Waals surface area (Å²) in [5, 5.41) is 1.22. The Morgan fingerprint density at radius 1 is 1.15 bits per heavy atom. The zero-order valence-electron chi connectivity index (χ0n) is 15.2. The van der Waals surface area contributed by atoms with Crippen molar-refractivity contribution in [2.24, 2.45) is 0 Å². The second-order valence-corrected chi connectivity index (χ2v) is 8.90. The summed E-state index contributed by atoms with van der Waals surface area (Å²) < 4.78 is 28.4. The highest BCUT2D eigenvalue weighted by atomic mass is 32.2. The molecule has 1 unspecified atom stereocenters. The molecule has 26 heavy (non-hydrogen) atoms. The van der Waals surface area contributed by atoms with E-state index in [1.165, 1.54) is 22.2 Å². The smallest absolute Gasteiger partial charge is 0.240 e. The van der Waals surface area contributed by atoms with Crippen molar-refractivity contribution in [3.63, 3.8) is 0 Å². The molecule has 1 aliphatic carbocycles. The van der Waals surface area contributed by atoms with Gasteiger partial charge in [0.05, 0.1) is 4.90 Å². The van der Waals surface area contributed by atoms with Crippen LogP contribution < -0.4 is 4.72 Å². The molecule has 4 nitrogen and oxygen atoms in total.